The van der Waals surface area contributed by atoms with Gasteiger partial charge < -0.3 is 15.0 Å². The number of carbonyl (C=O) groups is 1. The van der Waals surface area contributed by atoms with Crippen molar-refractivity contribution in [3.8, 4) is 26.9 Å². The third-order valence-electron chi connectivity index (χ3n) is 4.85. The topological polar surface area (TPSA) is 97.0 Å². The van der Waals surface area contributed by atoms with Crippen molar-refractivity contribution in [1.29, 1.82) is 0 Å². The molecule has 0 saturated carbocycles. The number of nitrogens with one attached hydrogen (secondary N) is 2. The van der Waals surface area contributed by atoms with Crippen molar-refractivity contribution < 1.29 is 9.53 Å². The number of H-pyrrole nitrogens is 1. The van der Waals surface area contributed by atoms with Crippen LogP contribution in [0.4, 0.5) is 5.69 Å². The summed E-state index contributed by atoms with van der Waals surface area (Å²) >= 11 is 2.65. The van der Waals surface area contributed by atoms with Gasteiger partial charge in [-0.2, -0.15) is 0 Å². The second kappa shape index (κ2) is 10.0. The van der Waals surface area contributed by atoms with E-state index in [1.54, 1.807) is 7.11 Å². The van der Waals surface area contributed by atoms with Crippen LogP contribution in [0, 0.1) is 13.8 Å². The lowest BCUT2D eigenvalue weighted by molar-refractivity contribution is -0.113. The SMILES string of the molecule is COc1ccc(-c2nc(C)c(-c3cc(=O)[nH]c(SCC(=O)Nc4ccccc4C)n3)s2)cc1. The van der Waals surface area contributed by atoms with E-state index in [0.717, 1.165) is 38.1 Å². The maximum Gasteiger partial charge on any atom is 0.252 e. The molecular formula is C24H22N4O3S2. The van der Waals surface area contributed by atoms with Gasteiger partial charge in [0.2, 0.25) is 5.91 Å². The highest BCUT2D eigenvalue weighted by atomic mass is 32.2. The van der Waals surface area contributed by atoms with Gasteiger partial charge in [-0.25, -0.2) is 9.97 Å². The molecule has 2 heterocycles. The number of aromatic amines is 1. The van der Waals surface area contributed by atoms with E-state index in [9.17, 15) is 9.59 Å². The average Bonchev–Trinajstić information content (AvgIpc) is 3.20. The lowest BCUT2D eigenvalue weighted by Gasteiger charge is -2.08. The quantitative estimate of drug-likeness (QED) is 0.289. The third-order valence-corrected chi connectivity index (χ3v) is 6.95. The van der Waals surface area contributed by atoms with Gasteiger partial charge in [0.1, 0.15) is 10.8 Å². The van der Waals surface area contributed by atoms with Crippen LogP contribution in [0.25, 0.3) is 21.1 Å². The Bertz CT molecular complexity index is 1350. The highest BCUT2D eigenvalue weighted by molar-refractivity contribution is 7.99. The number of rotatable bonds is 7. The number of benzene rings is 2. The summed E-state index contributed by atoms with van der Waals surface area (Å²) in [5.74, 6) is 0.731. The lowest BCUT2D eigenvalue weighted by atomic mass is 10.2. The van der Waals surface area contributed by atoms with Crippen LogP contribution < -0.4 is 15.6 Å². The molecule has 2 aromatic heterocycles. The van der Waals surface area contributed by atoms with E-state index in [4.69, 9.17) is 4.74 Å². The second-order valence-electron chi connectivity index (χ2n) is 7.25. The van der Waals surface area contributed by atoms with Gasteiger partial charge in [0, 0.05) is 17.3 Å². The Balaban J connectivity index is 1.51. The van der Waals surface area contributed by atoms with E-state index >= 15 is 0 Å². The number of aryl methyl sites for hydroxylation is 2. The lowest BCUT2D eigenvalue weighted by Crippen LogP contribution is -2.16. The predicted molar refractivity (Wildman–Crippen MR) is 133 cm³/mol. The summed E-state index contributed by atoms with van der Waals surface area (Å²) in [5, 5.41) is 4.10. The first-order chi connectivity index (χ1) is 15.9. The maximum absolute atomic E-state index is 12.4. The first kappa shape index (κ1) is 22.8. The Morgan fingerprint density at radius 1 is 1.12 bits per heavy atom. The third kappa shape index (κ3) is 5.50. The standard InChI is InChI=1S/C24H22N4O3S2/c1-14-6-4-5-7-18(14)26-21(30)13-32-24-27-19(12-20(29)28-24)22-15(2)25-23(33-22)16-8-10-17(31-3)11-9-16/h4-12H,13H2,1-3H3,(H,26,30)(H,27,28,29). The molecule has 0 aliphatic rings. The minimum absolute atomic E-state index is 0.125. The molecule has 168 valence electrons. The van der Waals surface area contributed by atoms with Crippen LogP contribution in [0.1, 0.15) is 11.3 Å². The number of aromatic nitrogens is 3. The molecule has 0 unspecified atom stereocenters. The van der Waals surface area contributed by atoms with Crippen molar-refractivity contribution in [2.24, 2.45) is 0 Å². The molecule has 0 aliphatic carbocycles. The molecule has 0 radical (unpaired) electrons. The first-order valence-corrected chi connectivity index (χ1v) is 11.9. The van der Waals surface area contributed by atoms with Crippen LogP contribution in [0.5, 0.6) is 5.75 Å². The summed E-state index contributed by atoms with van der Waals surface area (Å²) in [6.45, 7) is 3.83. The number of nitrogens with zero attached hydrogens (tertiary/aromatic N) is 2. The van der Waals surface area contributed by atoms with Crippen molar-refractivity contribution in [1.82, 2.24) is 15.0 Å². The van der Waals surface area contributed by atoms with Crippen LogP contribution in [0.3, 0.4) is 0 Å². The number of para-hydroxylation sites is 1. The summed E-state index contributed by atoms with van der Waals surface area (Å²) < 4.78 is 5.21. The fourth-order valence-corrected chi connectivity index (χ4v) is 4.85. The second-order valence-corrected chi connectivity index (χ2v) is 9.21. The molecular weight excluding hydrogens is 456 g/mol. The number of methoxy groups -OCH3 is 1. The van der Waals surface area contributed by atoms with Gasteiger partial charge in [-0.3, -0.25) is 9.59 Å². The zero-order valence-electron chi connectivity index (χ0n) is 18.3. The van der Waals surface area contributed by atoms with Crippen molar-refractivity contribution >= 4 is 34.7 Å². The van der Waals surface area contributed by atoms with E-state index in [0.29, 0.717) is 10.9 Å². The highest BCUT2D eigenvalue weighted by Crippen LogP contribution is 2.35. The fraction of sp³-hybridized carbons (Fsp3) is 0.167. The van der Waals surface area contributed by atoms with Crippen LogP contribution in [0.15, 0.2) is 64.5 Å². The molecule has 0 spiro atoms. The van der Waals surface area contributed by atoms with Crippen molar-refractivity contribution in [2.45, 2.75) is 19.0 Å². The van der Waals surface area contributed by atoms with Gasteiger partial charge in [-0.15, -0.1) is 11.3 Å². The summed E-state index contributed by atoms with van der Waals surface area (Å²) in [6.07, 6.45) is 0. The minimum atomic E-state index is -0.277. The molecule has 0 aliphatic heterocycles. The van der Waals surface area contributed by atoms with Gasteiger partial charge in [0.05, 0.1) is 29.1 Å². The fourth-order valence-electron chi connectivity index (χ4n) is 3.14. The Morgan fingerprint density at radius 2 is 1.88 bits per heavy atom. The summed E-state index contributed by atoms with van der Waals surface area (Å²) in [7, 11) is 1.63. The summed E-state index contributed by atoms with van der Waals surface area (Å²) in [6, 6.07) is 16.7. The molecule has 2 N–H and O–H groups in total. The van der Waals surface area contributed by atoms with Crippen LogP contribution in [-0.2, 0) is 4.79 Å². The smallest absolute Gasteiger partial charge is 0.252 e. The van der Waals surface area contributed by atoms with Crippen LogP contribution >= 0.6 is 23.1 Å². The van der Waals surface area contributed by atoms with Gasteiger partial charge in [-0.1, -0.05) is 30.0 Å². The molecule has 0 fully saturated rings. The van der Waals surface area contributed by atoms with Gasteiger partial charge in [-0.05, 0) is 49.7 Å². The molecule has 0 bridgehead atoms. The van der Waals surface area contributed by atoms with Crippen molar-refractivity contribution in [3.05, 3.63) is 76.2 Å². The normalized spacial score (nSPS) is 10.8. The van der Waals surface area contributed by atoms with Crippen LogP contribution in [-0.4, -0.2) is 33.7 Å². The molecule has 2 aromatic carbocycles. The zero-order chi connectivity index (χ0) is 23.4. The first-order valence-electron chi connectivity index (χ1n) is 10.1. The molecule has 9 heteroatoms. The molecule has 7 nitrogen and oxygen atoms in total. The zero-order valence-corrected chi connectivity index (χ0v) is 20.0. The number of amides is 1. The van der Waals surface area contributed by atoms with Gasteiger partial charge in [0.25, 0.3) is 5.56 Å². The molecule has 4 rings (SSSR count). The number of carbonyl (C=O) groups excluding carboxylic acids is 1. The van der Waals surface area contributed by atoms with Crippen LogP contribution in [0.2, 0.25) is 0 Å². The molecule has 1 amide bonds. The monoisotopic (exact) mass is 478 g/mol. The predicted octanol–water partition coefficient (Wildman–Crippen LogP) is 4.92. The number of ether oxygens (including phenoxy) is 1. The van der Waals surface area contributed by atoms with E-state index in [1.807, 2.05) is 62.4 Å². The number of hydrogen-bond donors (Lipinski definition) is 2. The maximum atomic E-state index is 12.4. The van der Waals surface area contributed by atoms with E-state index in [-0.39, 0.29) is 17.2 Å². The average molecular weight is 479 g/mol. The molecule has 0 atom stereocenters. The van der Waals surface area contributed by atoms with Crippen molar-refractivity contribution in [3.63, 3.8) is 0 Å². The number of thiazole rings is 1. The van der Waals surface area contributed by atoms with E-state index < -0.39 is 0 Å². The molecule has 33 heavy (non-hydrogen) atoms. The Kier molecular flexibility index (Phi) is 6.90. The Labute approximate surface area is 199 Å². The van der Waals surface area contributed by atoms with Crippen molar-refractivity contribution in [2.75, 3.05) is 18.2 Å². The minimum Gasteiger partial charge on any atom is -0.497 e. The van der Waals surface area contributed by atoms with E-state index in [2.05, 4.69) is 20.3 Å². The largest absolute Gasteiger partial charge is 0.497 e. The Morgan fingerprint density at radius 3 is 2.61 bits per heavy atom. The number of hydrogen-bond acceptors (Lipinski definition) is 7. The number of thioether (sulfide) groups is 1. The molecule has 0 saturated heterocycles. The summed E-state index contributed by atoms with van der Waals surface area (Å²) in [5.41, 5.74) is 3.76. The van der Waals surface area contributed by atoms with Gasteiger partial charge >= 0.3 is 0 Å². The summed E-state index contributed by atoms with van der Waals surface area (Å²) in [4.78, 5) is 37.4. The Hall–Kier alpha value is -3.43. The highest BCUT2D eigenvalue weighted by Gasteiger charge is 2.15. The van der Waals surface area contributed by atoms with Gasteiger partial charge in [0.15, 0.2) is 5.16 Å². The van der Waals surface area contributed by atoms with E-state index in [1.165, 1.54) is 29.2 Å². The molecule has 4 aromatic rings. The number of anilines is 1.